The Bertz CT molecular complexity index is 988. The standard InChI is InChI=1S/C13H15N5O3S/c1-6-7(2)21-12(14-6)22-11-15-8-9(16(11)3)17(4)13(20)18(5)10(8)19/h1-5H3. The van der Waals surface area contributed by atoms with E-state index in [1.54, 1.807) is 18.7 Å². The molecule has 0 unspecified atom stereocenters. The molecule has 0 aliphatic heterocycles. The predicted molar refractivity (Wildman–Crippen MR) is 81.3 cm³/mol. The second-order valence-electron chi connectivity index (χ2n) is 5.05. The summed E-state index contributed by atoms with van der Waals surface area (Å²) in [5.74, 6) is 0.740. The molecule has 0 amide bonds. The van der Waals surface area contributed by atoms with Crippen molar-refractivity contribution >= 4 is 22.9 Å². The van der Waals surface area contributed by atoms with E-state index < -0.39 is 5.56 Å². The number of rotatable bonds is 2. The van der Waals surface area contributed by atoms with Crippen LogP contribution in [-0.2, 0) is 21.1 Å². The molecule has 0 aromatic carbocycles. The highest BCUT2D eigenvalue weighted by atomic mass is 32.2. The Kier molecular flexibility index (Phi) is 3.24. The van der Waals surface area contributed by atoms with Crippen molar-refractivity contribution in [1.82, 2.24) is 23.7 Å². The predicted octanol–water partition coefficient (Wildman–Crippen LogP) is 0.727. The quantitative estimate of drug-likeness (QED) is 0.691. The van der Waals surface area contributed by atoms with Crippen molar-refractivity contribution in [3.8, 4) is 0 Å². The van der Waals surface area contributed by atoms with Gasteiger partial charge in [0.05, 0.1) is 5.69 Å². The average Bonchev–Trinajstić information content (AvgIpc) is 2.96. The van der Waals surface area contributed by atoms with Gasteiger partial charge in [0.25, 0.3) is 10.8 Å². The summed E-state index contributed by atoms with van der Waals surface area (Å²) in [6.07, 6.45) is 0. The molecule has 0 saturated heterocycles. The van der Waals surface area contributed by atoms with Crippen LogP contribution in [0.25, 0.3) is 11.2 Å². The zero-order chi connectivity index (χ0) is 16.2. The molecule has 3 heterocycles. The fraction of sp³-hybridized carbons (Fsp3) is 0.385. The fourth-order valence-corrected chi connectivity index (χ4v) is 3.08. The third kappa shape index (κ3) is 2.00. The first-order valence-corrected chi connectivity index (χ1v) is 7.37. The van der Waals surface area contributed by atoms with Crippen molar-refractivity contribution in [2.45, 2.75) is 24.2 Å². The van der Waals surface area contributed by atoms with E-state index in [-0.39, 0.29) is 11.2 Å². The van der Waals surface area contributed by atoms with Crippen LogP contribution >= 0.6 is 11.8 Å². The smallest absolute Gasteiger partial charge is 0.332 e. The minimum Gasteiger partial charge on any atom is -0.436 e. The molecule has 0 aliphatic rings. The van der Waals surface area contributed by atoms with E-state index in [1.807, 2.05) is 13.8 Å². The van der Waals surface area contributed by atoms with Crippen molar-refractivity contribution in [3.63, 3.8) is 0 Å². The largest absolute Gasteiger partial charge is 0.436 e. The third-order valence-corrected chi connectivity index (χ3v) is 4.51. The van der Waals surface area contributed by atoms with Crippen LogP contribution in [0.1, 0.15) is 11.5 Å². The number of imidazole rings is 1. The zero-order valence-corrected chi connectivity index (χ0v) is 13.7. The van der Waals surface area contributed by atoms with Crippen LogP contribution in [0.3, 0.4) is 0 Å². The molecule has 3 aromatic rings. The van der Waals surface area contributed by atoms with E-state index in [9.17, 15) is 9.59 Å². The van der Waals surface area contributed by atoms with Gasteiger partial charge in [-0.1, -0.05) is 0 Å². The molecule has 9 heteroatoms. The first-order chi connectivity index (χ1) is 10.3. The molecule has 0 saturated carbocycles. The molecule has 0 atom stereocenters. The highest BCUT2D eigenvalue weighted by molar-refractivity contribution is 7.99. The molecule has 0 spiro atoms. The fourth-order valence-electron chi connectivity index (χ4n) is 2.22. The maximum absolute atomic E-state index is 12.2. The van der Waals surface area contributed by atoms with Crippen LogP contribution in [0.4, 0.5) is 0 Å². The van der Waals surface area contributed by atoms with Crippen molar-refractivity contribution in [2.24, 2.45) is 21.1 Å². The maximum Gasteiger partial charge on any atom is 0.332 e. The van der Waals surface area contributed by atoms with Gasteiger partial charge in [-0.2, -0.15) is 0 Å². The Balaban J connectivity index is 2.22. The lowest BCUT2D eigenvalue weighted by Gasteiger charge is -2.05. The topological polar surface area (TPSA) is 87.9 Å². The molecule has 0 aliphatic carbocycles. The second kappa shape index (κ2) is 4.87. The number of nitrogens with zero attached hydrogens (tertiary/aromatic N) is 5. The highest BCUT2D eigenvalue weighted by Gasteiger charge is 2.19. The van der Waals surface area contributed by atoms with Gasteiger partial charge in [0.1, 0.15) is 5.76 Å². The summed E-state index contributed by atoms with van der Waals surface area (Å²) >= 11 is 1.21. The van der Waals surface area contributed by atoms with Gasteiger partial charge >= 0.3 is 5.69 Å². The van der Waals surface area contributed by atoms with E-state index in [4.69, 9.17) is 4.42 Å². The Labute approximate surface area is 129 Å². The number of aromatic nitrogens is 5. The highest BCUT2D eigenvalue weighted by Crippen LogP contribution is 2.28. The molecular formula is C13H15N5O3S. The minimum absolute atomic E-state index is 0.245. The summed E-state index contributed by atoms with van der Waals surface area (Å²) in [4.78, 5) is 32.9. The lowest BCUT2D eigenvalue weighted by molar-refractivity contribution is 0.430. The molecular weight excluding hydrogens is 306 g/mol. The molecule has 0 bridgehead atoms. The van der Waals surface area contributed by atoms with Gasteiger partial charge in [-0.3, -0.25) is 13.9 Å². The average molecular weight is 321 g/mol. The first-order valence-electron chi connectivity index (χ1n) is 6.55. The summed E-state index contributed by atoms with van der Waals surface area (Å²) in [6.45, 7) is 3.69. The van der Waals surface area contributed by atoms with Gasteiger partial charge in [0.2, 0.25) is 0 Å². The van der Waals surface area contributed by atoms with Gasteiger partial charge in [0.15, 0.2) is 16.3 Å². The van der Waals surface area contributed by atoms with Gasteiger partial charge < -0.3 is 8.98 Å². The lowest BCUT2D eigenvalue weighted by atomic mass is 10.4. The molecule has 22 heavy (non-hydrogen) atoms. The van der Waals surface area contributed by atoms with Crippen molar-refractivity contribution in [2.75, 3.05) is 0 Å². The van der Waals surface area contributed by atoms with E-state index in [2.05, 4.69) is 9.97 Å². The van der Waals surface area contributed by atoms with Gasteiger partial charge in [-0.25, -0.2) is 14.8 Å². The van der Waals surface area contributed by atoms with Crippen LogP contribution in [0, 0.1) is 13.8 Å². The van der Waals surface area contributed by atoms with Crippen LogP contribution in [0.5, 0.6) is 0 Å². The van der Waals surface area contributed by atoms with Crippen molar-refractivity contribution in [3.05, 3.63) is 32.3 Å². The number of hydrogen-bond acceptors (Lipinski definition) is 6. The molecule has 0 radical (unpaired) electrons. The van der Waals surface area contributed by atoms with Crippen molar-refractivity contribution in [1.29, 1.82) is 0 Å². The molecule has 0 N–H and O–H groups in total. The number of oxazole rings is 1. The molecule has 8 nitrogen and oxygen atoms in total. The molecule has 116 valence electrons. The second-order valence-corrected chi connectivity index (χ2v) is 5.97. The Morgan fingerprint density at radius 2 is 1.68 bits per heavy atom. The normalized spacial score (nSPS) is 11.5. The minimum atomic E-state index is -0.416. The number of hydrogen-bond donors (Lipinski definition) is 0. The summed E-state index contributed by atoms with van der Waals surface area (Å²) in [6, 6.07) is 0. The van der Waals surface area contributed by atoms with Crippen LogP contribution in [0.15, 0.2) is 24.4 Å². The van der Waals surface area contributed by atoms with E-state index >= 15 is 0 Å². The van der Waals surface area contributed by atoms with Gasteiger partial charge in [-0.15, -0.1) is 0 Å². The zero-order valence-electron chi connectivity index (χ0n) is 12.9. The Morgan fingerprint density at radius 1 is 1.00 bits per heavy atom. The van der Waals surface area contributed by atoms with E-state index in [0.29, 0.717) is 16.0 Å². The Hall–Kier alpha value is -2.29. The SMILES string of the molecule is Cc1nc(Sc2nc3c(=O)n(C)c(=O)n(C)c3n2C)oc1C. The van der Waals surface area contributed by atoms with Crippen LogP contribution in [-0.4, -0.2) is 23.7 Å². The van der Waals surface area contributed by atoms with Crippen LogP contribution < -0.4 is 11.2 Å². The van der Waals surface area contributed by atoms with Gasteiger partial charge in [0, 0.05) is 32.9 Å². The molecule has 0 fully saturated rings. The van der Waals surface area contributed by atoms with E-state index in [0.717, 1.165) is 16.0 Å². The first kappa shape index (κ1) is 14.6. The maximum atomic E-state index is 12.2. The molecule has 3 rings (SSSR count). The van der Waals surface area contributed by atoms with Gasteiger partial charge in [-0.05, 0) is 13.8 Å². The summed E-state index contributed by atoms with van der Waals surface area (Å²) in [5.41, 5.74) is 0.718. The third-order valence-electron chi connectivity index (χ3n) is 3.61. The summed E-state index contributed by atoms with van der Waals surface area (Å²) < 4.78 is 9.66. The molecule has 3 aromatic heterocycles. The Morgan fingerprint density at radius 3 is 2.27 bits per heavy atom. The number of aryl methyl sites for hydroxylation is 4. The van der Waals surface area contributed by atoms with Crippen LogP contribution in [0.2, 0.25) is 0 Å². The summed E-state index contributed by atoms with van der Waals surface area (Å²) in [7, 11) is 4.80. The lowest BCUT2D eigenvalue weighted by Crippen LogP contribution is -2.37. The van der Waals surface area contributed by atoms with Crippen molar-refractivity contribution < 1.29 is 4.42 Å². The summed E-state index contributed by atoms with van der Waals surface area (Å²) in [5, 5.41) is 0.991. The van der Waals surface area contributed by atoms with E-state index in [1.165, 1.54) is 23.4 Å². The monoisotopic (exact) mass is 321 g/mol. The number of fused-ring (bicyclic) bond motifs is 1.